The Kier molecular flexibility index (Phi) is 7.97. The molecular weight excluding hydrogens is 478 g/mol. The van der Waals surface area contributed by atoms with Crippen molar-refractivity contribution in [1.82, 2.24) is 24.4 Å². The van der Waals surface area contributed by atoms with Crippen LogP contribution in [-0.2, 0) is 16.0 Å². The van der Waals surface area contributed by atoms with Crippen molar-refractivity contribution in [3.05, 3.63) is 29.6 Å². The SMILES string of the molecule is CCN(C(=O)O)[C@@H]1C[C@H](C)[N+](C)(C(C)=O)c2ccc(-c3nc(CCN(C)C(=O)OC(C)(C)C)no3)cc21. The van der Waals surface area contributed by atoms with E-state index >= 15 is 0 Å². The fourth-order valence-corrected chi connectivity index (χ4v) is 4.71. The molecule has 0 saturated carbocycles. The minimum absolute atomic E-state index is 0.0208. The number of carbonyl (C=O) groups is 3. The molecular formula is C26H38N5O6+. The van der Waals surface area contributed by atoms with Gasteiger partial charge in [0.05, 0.1) is 26.1 Å². The van der Waals surface area contributed by atoms with Crippen molar-refractivity contribution < 1.29 is 28.8 Å². The molecule has 1 N–H and O–H groups in total. The maximum Gasteiger partial charge on any atom is 0.410 e. The summed E-state index contributed by atoms with van der Waals surface area (Å²) >= 11 is 0. The van der Waals surface area contributed by atoms with E-state index in [1.807, 2.05) is 52.9 Å². The molecule has 1 aromatic carbocycles. The molecule has 0 radical (unpaired) electrons. The summed E-state index contributed by atoms with van der Waals surface area (Å²) in [7, 11) is 3.51. The number of fused-ring (bicyclic) bond motifs is 1. The molecule has 3 rings (SSSR count). The van der Waals surface area contributed by atoms with Crippen LogP contribution in [0.2, 0.25) is 0 Å². The van der Waals surface area contributed by atoms with Gasteiger partial charge in [0.25, 0.3) is 5.89 Å². The lowest BCUT2D eigenvalue weighted by molar-refractivity contribution is -0.129. The molecule has 0 saturated heterocycles. The molecule has 2 heterocycles. The number of benzene rings is 1. The average molecular weight is 517 g/mol. The van der Waals surface area contributed by atoms with Crippen LogP contribution >= 0.6 is 0 Å². The van der Waals surface area contributed by atoms with Crippen LogP contribution in [0.15, 0.2) is 22.7 Å². The first-order chi connectivity index (χ1) is 17.2. The monoisotopic (exact) mass is 516 g/mol. The largest absolute Gasteiger partial charge is 0.465 e. The summed E-state index contributed by atoms with van der Waals surface area (Å²) in [5.41, 5.74) is 1.56. The zero-order valence-electron chi connectivity index (χ0n) is 22.9. The van der Waals surface area contributed by atoms with Crippen LogP contribution < -0.4 is 4.48 Å². The van der Waals surface area contributed by atoms with Crippen molar-refractivity contribution >= 4 is 23.8 Å². The van der Waals surface area contributed by atoms with E-state index in [-0.39, 0.29) is 22.3 Å². The lowest BCUT2D eigenvalue weighted by Crippen LogP contribution is -2.60. The molecule has 1 unspecified atom stereocenters. The number of likely N-dealkylation sites (N-methyl/N-ethyl adjacent to an activating group) is 1. The first-order valence-corrected chi connectivity index (χ1v) is 12.5. The van der Waals surface area contributed by atoms with Crippen LogP contribution in [0.3, 0.4) is 0 Å². The van der Waals surface area contributed by atoms with Crippen molar-refractivity contribution in [2.24, 2.45) is 0 Å². The number of ether oxygens (including phenoxy) is 1. The molecule has 1 aliphatic rings. The van der Waals surface area contributed by atoms with E-state index in [4.69, 9.17) is 9.26 Å². The van der Waals surface area contributed by atoms with Crippen molar-refractivity contribution in [3.63, 3.8) is 0 Å². The van der Waals surface area contributed by atoms with Gasteiger partial charge in [0.2, 0.25) is 0 Å². The summed E-state index contributed by atoms with van der Waals surface area (Å²) < 4.78 is 10.9. The smallest absolute Gasteiger partial charge is 0.410 e. The van der Waals surface area contributed by atoms with E-state index in [1.54, 1.807) is 20.9 Å². The normalized spacial score (nSPS) is 21.2. The lowest BCUT2D eigenvalue weighted by Gasteiger charge is -2.45. The average Bonchev–Trinajstić information content (AvgIpc) is 3.28. The highest BCUT2D eigenvalue weighted by Gasteiger charge is 2.47. The second kappa shape index (κ2) is 10.5. The number of quaternary nitrogens is 1. The van der Waals surface area contributed by atoms with E-state index in [1.165, 1.54) is 9.80 Å². The van der Waals surface area contributed by atoms with E-state index in [9.17, 15) is 19.5 Å². The number of nitrogens with zero attached hydrogens (tertiary/aromatic N) is 5. The third kappa shape index (κ3) is 5.76. The zero-order chi connectivity index (χ0) is 27.7. The lowest BCUT2D eigenvalue weighted by atomic mass is 9.87. The zero-order valence-corrected chi connectivity index (χ0v) is 22.9. The van der Waals surface area contributed by atoms with Crippen LogP contribution in [0.4, 0.5) is 15.3 Å². The Bertz CT molecular complexity index is 1170. The van der Waals surface area contributed by atoms with Gasteiger partial charge >= 0.3 is 18.1 Å². The van der Waals surface area contributed by atoms with E-state index in [2.05, 4.69) is 10.1 Å². The Hall–Kier alpha value is -3.47. The first kappa shape index (κ1) is 28.1. The third-order valence-corrected chi connectivity index (χ3v) is 7.04. The number of hydrogen-bond acceptors (Lipinski definition) is 7. The summed E-state index contributed by atoms with van der Waals surface area (Å²) in [5.74, 6) is 0.691. The third-order valence-electron chi connectivity index (χ3n) is 7.04. The predicted octanol–water partition coefficient (Wildman–Crippen LogP) is 4.46. The van der Waals surface area contributed by atoms with E-state index < -0.39 is 23.8 Å². The standard InChI is InChI=1S/C26H37N5O6/c1-9-30(24(33)34)20-14-16(2)31(8,17(3)32)21-11-10-18(15-19(20)21)23-27-22(28-37-23)12-13-29(7)25(35)36-26(4,5)6/h10-11,15-16,20H,9,12-14H2,1-8H3/p+1/t16-,20+,31?/m0/s1. The minimum atomic E-state index is -1.01. The Morgan fingerprint density at radius 1 is 1.27 bits per heavy atom. The number of amides is 3. The maximum atomic E-state index is 12.7. The van der Waals surface area contributed by atoms with Crippen molar-refractivity contribution in [2.45, 2.75) is 72.1 Å². The van der Waals surface area contributed by atoms with Gasteiger partial charge in [-0.25, -0.2) is 18.9 Å². The molecule has 0 aliphatic carbocycles. The first-order valence-electron chi connectivity index (χ1n) is 12.5. The topological polar surface area (TPSA) is 126 Å². The molecule has 0 bridgehead atoms. The van der Waals surface area contributed by atoms with Crippen LogP contribution in [0.5, 0.6) is 0 Å². The van der Waals surface area contributed by atoms with Gasteiger partial charge in [0.1, 0.15) is 11.3 Å². The summed E-state index contributed by atoms with van der Waals surface area (Å²) in [6.45, 7) is 11.4. The Balaban J connectivity index is 1.90. The molecule has 1 aromatic heterocycles. The van der Waals surface area contributed by atoms with Crippen LogP contribution in [0, 0.1) is 0 Å². The highest BCUT2D eigenvalue weighted by molar-refractivity contribution is 5.89. The number of carbonyl (C=O) groups excluding carboxylic acids is 2. The maximum absolute atomic E-state index is 12.7. The molecule has 11 nitrogen and oxygen atoms in total. The summed E-state index contributed by atoms with van der Waals surface area (Å²) in [6, 6.07) is 4.99. The van der Waals surface area contributed by atoms with Gasteiger partial charge in [-0.05, 0) is 46.8 Å². The quantitative estimate of drug-likeness (QED) is 0.558. The van der Waals surface area contributed by atoms with Gasteiger partial charge < -0.3 is 24.2 Å². The fourth-order valence-electron chi connectivity index (χ4n) is 4.71. The van der Waals surface area contributed by atoms with Gasteiger partial charge in [-0.3, -0.25) is 0 Å². The number of hydrogen-bond donors (Lipinski definition) is 1. The molecule has 1 aliphatic heterocycles. The molecule has 3 amide bonds. The Labute approximate surface area is 217 Å². The van der Waals surface area contributed by atoms with Gasteiger partial charge in [-0.15, -0.1) is 0 Å². The summed E-state index contributed by atoms with van der Waals surface area (Å²) in [6.07, 6.45) is -0.578. The van der Waals surface area contributed by atoms with Gasteiger partial charge in [-0.1, -0.05) is 5.16 Å². The Morgan fingerprint density at radius 2 is 1.95 bits per heavy atom. The molecule has 3 atom stereocenters. The second-order valence-corrected chi connectivity index (χ2v) is 10.7. The predicted molar refractivity (Wildman–Crippen MR) is 138 cm³/mol. The minimum Gasteiger partial charge on any atom is -0.465 e. The molecule has 0 fully saturated rings. The fraction of sp³-hybridized carbons (Fsp3) is 0.577. The van der Waals surface area contributed by atoms with Crippen LogP contribution in [-0.4, -0.2) is 82.0 Å². The van der Waals surface area contributed by atoms with Gasteiger partial charge in [0, 0.05) is 50.2 Å². The van der Waals surface area contributed by atoms with Gasteiger partial charge in [0.15, 0.2) is 5.82 Å². The second-order valence-electron chi connectivity index (χ2n) is 10.7. The molecule has 37 heavy (non-hydrogen) atoms. The number of aromatic nitrogens is 2. The van der Waals surface area contributed by atoms with Crippen molar-refractivity contribution in [3.8, 4) is 11.5 Å². The van der Waals surface area contributed by atoms with E-state index in [0.717, 1.165) is 11.3 Å². The number of rotatable bonds is 6. The molecule has 2 aromatic rings. The molecule has 11 heteroatoms. The van der Waals surface area contributed by atoms with Gasteiger partial charge in [-0.2, -0.15) is 4.98 Å². The number of carboxylic acid groups (broad SMARTS) is 1. The molecule has 202 valence electrons. The Morgan fingerprint density at radius 3 is 2.51 bits per heavy atom. The van der Waals surface area contributed by atoms with E-state index in [0.29, 0.717) is 37.3 Å². The summed E-state index contributed by atoms with van der Waals surface area (Å²) in [5, 5.41) is 13.9. The van der Waals surface area contributed by atoms with Crippen LogP contribution in [0.25, 0.3) is 11.5 Å². The summed E-state index contributed by atoms with van der Waals surface area (Å²) in [4.78, 5) is 44.3. The van der Waals surface area contributed by atoms with Crippen molar-refractivity contribution in [1.29, 1.82) is 0 Å². The molecule has 0 spiro atoms. The van der Waals surface area contributed by atoms with Crippen LogP contribution in [0.1, 0.15) is 65.4 Å². The highest BCUT2D eigenvalue weighted by Crippen LogP contribution is 2.45. The highest BCUT2D eigenvalue weighted by atomic mass is 16.6. The van der Waals surface area contributed by atoms with Crippen molar-refractivity contribution in [2.75, 3.05) is 27.2 Å².